The van der Waals surface area contributed by atoms with Crippen LogP contribution in [0.2, 0.25) is 0 Å². The molecule has 0 unspecified atom stereocenters. The molecule has 0 atom stereocenters. The molecule has 0 bridgehead atoms. The second kappa shape index (κ2) is 10.8. The van der Waals surface area contributed by atoms with E-state index in [-0.39, 0.29) is 18.2 Å². The molecule has 3 heterocycles. The van der Waals surface area contributed by atoms with Gasteiger partial charge in [-0.05, 0) is 64.7 Å². The molecular weight excluding hydrogens is 478 g/mol. The van der Waals surface area contributed by atoms with Gasteiger partial charge in [0.1, 0.15) is 5.60 Å². The third-order valence-corrected chi connectivity index (χ3v) is 8.42. The molecule has 8 nitrogen and oxygen atoms in total. The van der Waals surface area contributed by atoms with Crippen LogP contribution in [0.5, 0.6) is 0 Å². The summed E-state index contributed by atoms with van der Waals surface area (Å²) in [5.74, 6) is 0.546. The molecule has 0 spiro atoms. The monoisotopic (exact) mass is 519 g/mol. The fourth-order valence-electron chi connectivity index (χ4n) is 4.77. The number of ether oxygens (including phenoxy) is 1. The van der Waals surface area contributed by atoms with Crippen LogP contribution in [0.3, 0.4) is 0 Å². The van der Waals surface area contributed by atoms with Crippen LogP contribution in [0.25, 0.3) is 10.9 Å². The number of benzene rings is 1. The molecule has 4 rings (SSSR count). The Labute approximate surface area is 215 Å². The number of aromatic nitrogens is 1. The number of fused-ring (bicyclic) bond motifs is 3. The summed E-state index contributed by atoms with van der Waals surface area (Å²) in [6.45, 7) is 15.4. The predicted octanol–water partition coefficient (Wildman–Crippen LogP) is 5.03. The molecule has 0 radical (unpaired) electrons. The zero-order chi connectivity index (χ0) is 26.8. The minimum Gasteiger partial charge on any atom is -0.444 e. The molecular formula is C27H41N3O5S. The maximum atomic E-state index is 13.2. The maximum Gasteiger partial charge on any atom is 0.410 e. The van der Waals surface area contributed by atoms with Gasteiger partial charge < -0.3 is 14.5 Å². The topological polar surface area (TPSA) is 88.9 Å². The van der Waals surface area contributed by atoms with Gasteiger partial charge in [-0.1, -0.05) is 20.8 Å². The fourth-order valence-corrected chi connectivity index (χ4v) is 6.03. The normalized spacial score (nSPS) is 16.9. The average Bonchev–Trinajstić information content (AvgIpc) is 3.18. The molecule has 36 heavy (non-hydrogen) atoms. The third kappa shape index (κ3) is 5.71. The fraction of sp³-hybridized carbons (Fsp3) is 0.630. The molecule has 0 aliphatic carbocycles. The molecule has 0 saturated carbocycles. The second-order valence-electron chi connectivity index (χ2n) is 10.4. The first-order valence-electron chi connectivity index (χ1n) is 13.1. The smallest absolute Gasteiger partial charge is 0.410 e. The first kappa shape index (κ1) is 28.0. The van der Waals surface area contributed by atoms with E-state index < -0.39 is 21.7 Å². The van der Waals surface area contributed by atoms with Crippen LogP contribution in [-0.2, 0) is 27.7 Å². The SMILES string of the molecule is CC.CCS(=O)(=O)n1c2c(c3cc(C(=O)N4CCC(C)CC4)ccc31)CN(C(=O)OC(C)(C)C)CC2. The van der Waals surface area contributed by atoms with E-state index in [1.165, 1.54) is 3.97 Å². The predicted molar refractivity (Wildman–Crippen MR) is 143 cm³/mol. The first-order chi connectivity index (χ1) is 16.9. The summed E-state index contributed by atoms with van der Waals surface area (Å²) < 4.78 is 33.0. The summed E-state index contributed by atoms with van der Waals surface area (Å²) in [7, 11) is -3.56. The van der Waals surface area contributed by atoms with Crippen LogP contribution < -0.4 is 0 Å². The lowest BCUT2D eigenvalue weighted by Gasteiger charge is -2.31. The number of carbonyl (C=O) groups excluding carboxylic acids is 2. The summed E-state index contributed by atoms with van der Waals surface area (Å²) in [4.78, 5) is 29.5. The van der Waals surface area contributed by atoms with Gasteiger partial charge in [0.25, 0.3) is 5.91 Å². The van der Waals surface area contributed by atoms with Crippen molar-refractivity contribution < 1.29 is 22.7 Å². The first-order valence-corrected chi connectivity index (χ1v) is 14.7. The Balaban J connectivity index is 0.00000176. The molecule has 1 aromatic carbocycles. The number of rotatable bonds is 3. The quantitative estimate of drug-likeness (QED) is 0.567. The van der Waals surface area contributed by atoms with Crippen molar-refractivity contribution in [2.75, 3.05) is 25.4 Å². The molecule has 200 valence electrons. The zero-order valence-corrected chi connectivity index (χ0v) is 23.6. The highest BCUT2D eigenvalue weighted by Crippen LogP contribution is 2.34. The van der Waals surface area contributed by atoms with E-state index in [0.717, 1.165) is 31.5 Å². The van der Waals surface area contributed by atoms with Crippen molar-refractivity contribution >= 4 is 32.9 Å². The van der Waals surface area contributed by atoms with Crippen LogP contribution in [0.15, 0.2) is 18.2 Å². The van der Waals surface area contributed by atoms with Crippen LogP contribution in [0.1, 0.15) is 82.9 Å². The van der Waals surface area contributed by atoms with Crippen molar-refractivity contribution in [2.45, 2.75) is 79.9 Å². The number of hydrogen-bond acceptors (Lipinski definition) is 5. The molecule has 2 amide bonds. The Morgan fingerprint density at radius 3 is 2.28 bits per heavy atom. The van der Waals surface area contributed by atoms with Crippen LogP contribution in [-0.4, -0.2) is 65.2 Å². The van der Waals surface area contributed by atoms with Gasteiger partial charge in [0.05, 0.1) is 17.8 Å². The minimum absolute atomic E-state index is 0.0338. The van der Waals surface area contributed by atoms with Crippen LogP contribution >= 0.6 is 0 Å². The summed E-state index contributed by atoms with van der Waals surface area (Å²) in [5, 5.41) is 0.705. The van der Waals surface area contributed by atoms with Crippen molar-refractivity contribution in [3.63, 3.8) is 0 Å². The molecule has 2 aliphatic rings. The van der Waals surface area contributed by atoms with E-state index in [1.807, 2.05) is 39.5 Å². The Kier molecular flexibility index (Phi) is 8.43. The van der Waals surface area contributed by atoms with Crippen molar-refractivity contribution in [3.8, 4) is 0 Å². The second-order valence-corrected chi connectivity index (χ2v) is 12.6. The highest BCUT2D eigenvalue weighted by atomic mass is 32.2. The molecule has 1 aromatic heterocycles. The van der Waals surface area contributed by atoms with Gasteiger partial charge in [-0.2, -0.15) is 0 Å². The highest BCUT2D eigenvalue weighted by molar-refractivity contribution is 7.90. The van der Waals surface area contributed by atoms with E-state index in [2.05, 4.69) is 6.92 Å². The largest absolute Gasteiger partial charge is 0.444 e. The summed E-state index contributed by atoms with van der Waals surface area (Å²) in [6, 6.07) is 5.26. The lowest BCUT2D eigenvalue weighted by atomic mass is 9.98. The molecule has 2 aromatic rings. The Morgan fingerprint density at radius 2 is 1.69 bits per heavy atom. The van der Waals surface area contributed by atoms with Gasteiger partial charge in [0, 0.05) is 48.3 Å². The zero-order valence-electron chi connectivity index (χ0n) is 22.8. The van der Waals surface area contributed by atoms with Crippen molar-refractivity contribution in [2.24, 2.45) is 5.92 Å². The molecule has 1 fully saturated rings. The minimum atomic E-state index is -3.56. The maximum absolute atomic E-state index is 13.2. The summed E-state index contributed by atoms with van der Waals surface area (Å²) in [6.07, 6.45) is 1.95. The molecule has 0 N–H and O–H groups in total. The number of hydrogen-bond donors (Lipinski definition) is 0. The van der Waals surface area contributed by atoms with Gasteiger partial charge in [-0.15, -0.1) is 0 Å². The van der Waals surface area contributed by atoms with Gasteiger partial charge in [-0.25, -0.2) is 17.2 Å². The number of likely N-dealkylation sites (tertiary alicyclic amines) is 1. The van der Waals surface area contributed by atoms with Crippen molar-refractivity contribution in [1.29, 1.82) is 0 Å². The number of piperidine rings is 1. The lowest BCUT2D eigenvalue weighted by molar-refractivity contribution is 0.0224. The molecule has 1 saturated heterocycles. The van der Waals surface area contributed by atoms with E-state index in [9.17, 15) is 18.0 Å². The van der Waals surface area contributed by atoms with E-state index >= 15 is 0 Å². The van der Waals surface area contributed by atoms with E-state index in [4.69, 9.17) is 4.74 Å². The van der Waals surface area contributed by atoms with Crippen molar-refractivity contribution in [3.05, 3.63) is 35.0 Å². The summed E-state index contributed by atoms with van der Waals surface area (Å²) >= 11 is 0. The van der Waals surface area contributed by atoms with E-state index in [0.29, 0.717) is 41.0 Å². The number of carbonyl (C=O) groups is 2. The van der Waals surface area contributed by atoms with Crippen LogP contribution in [0, 0.1) is 5.92 Å². The third-order valence-electron chi connectivity index (χ3n) is 6.71. The summed E-state index contributed by atoms with van der Waals surface area (Å²) in [5.41, 5.74) is 1.94. The number of amides is 2. The molecule has 9 heteroatoms. The lowest BCUT2D eigenvalue weighted by Crippen LogP contribution is -2.40. The average molecular weight is 520 g/mol. The van der Waals surface area contributed by atoms with Gasteiger partial charge in [0.2, 0.25) is 10.0 Å². The van der Waals surface area contributed by atoms with Crippen molar-refractivity contribution in [1.82, 2.24) is 13.8 Å². The Morgan fingerprint density at radius 1 is 1.06 bits per heavy atom. The van der Waals surface area contributed by atoms with Gasteiger partial charge >= 0.3 is 6.09 Å². The Bertz CT molecular complexity index is 1220. The van der Waals surface area contributed by atoms with Gasteiger partial charge in [0.15, 0.2) is 0 Å². The van der Waals surface area contributed by atoms with Gasteiger partial charge in [-0.3, -0.25) is 4.79 Å². The number of nitrogens with zero attached hydrogens (tertiary/aromatic N) is 3. The molecule has 2 aliphatic heterocycles. The highest BCUT2D eigenvalue weighted by Gasteiger charge is 2.33. The van der Waals surface area contributed by atoms with Crippen LogP contribution in [0.4, 0.5) is 4.79 Å². The Hall–Kier alpha value is -2.55. The van der Waals surface area contributed by atoms with E-state index in [1.54, 1.807) is 30.0 Å². The standard InChI is InChI=1S/C25H35N3O5S.C2H6/c1-6-34(31,32)28-21-8-7-18(23(29)26-12-9-17(2)10-13-26)15-19(21)20-16-27(14-11-22(20)28)24(30)33-25(3,4)5;1-2/h7-8,15,17H,6,9-14,16H2,1-5H3;1-2H3.